The minimum Gasteiger partial charge on any atom is -0.377 e. The quantitative estimate of drug-likeness (QED) is 0.244. The molecule has 0 heterocycles. The first-order chi connectivity index (χ1) is 15.4. The maximum absolute atomic E-state index is 5.94. The number of ether oxygens (including phenoxy) is 1. The van der Waals surface area contributed by atoms with E-state index in [0.29, 0.717) is 6.61 Å². The van der Waals surface area contributed by atoms with Crippen LogP contribution < -0.4 is 15.9 Å². The van der Waals surface area contributed by atoms with Crippen molar-refractivity contribution >= 4 is 28.6 Å². The van der Waals surface area contributed by atoms with Crippen LogP contribution in [0.4, 0.5) is 0 Å². The second kappa shape index (κ2) is 11.0. The van der Waals surface area contributed by atoms with E-state index in [2.05, 4.69) is 121 Å². The molecule has 0 aromatic heterocycles. The molecule has 0 saturated carbocycles. The summed E-state index contributed by atoms with van der Waals surface area (Å²) in [5, 5.41) is 4.20. The van der Waals surface area contributed by atoms with E-state index in [1.807, 2.05) is 6.07 Å². The van der Waals surface area contributed by atoms with Crippen LogP contribution in [0.2, 0.25) is 0 Å². The van der Waals surface area contributed by atoms with Crippen LogP contribution in [0.5, 0.6) is 0 Å². The van der Waals surface area contributed by atoms with E-state index in [1.54, 1.807) is 0 Å². The molecular weight excluding hydrogens is 395 g/mol. The minimum atomic E-state index is -1.84. The molecule has 0 atom stereocenters. The fraction of sp³-hybridized carbons (Fsp3) is 0.138. The highest BCUT2D eigenvalue weighted by Crippen LogP contribution is 2.43. The zero-order chi connectivity index (χ0) is 21.2. The van der Waals surface area contributed by atoms with E-state index in [9.17, 15) is 0 Å². The first kappa shape index (κ1) is 21.4. The van der Waals surface area contributed by atoms with Gasteiger partial charge in [0.2, 0.25) is 0 Å². The Kier molecular flexibility index (Phi) is 7.56. The molecular formula is C29H29OP. The van der Waals surface area contributed by atoms with Crippen LogP contribution in [0.3, 0.4) is 0 Å². The maximum Gasteiger partial charge on any atom is 0.0716 e. The molecule has 31 heavy (non-hydrogen) atoms. The fourth-order valence-electron chi connectivity index (χ4n) is 3.99. The van der Waals surface area contributed by atoms with Crippen LogP contribution in [0, 0.1) is 0 Å². The molecule has 0 N–H and O–H groups in total. The first-order valence-electron chi connectivity index (χ1n) is 10.9. The van der Waals surface area contributed by atoms with Crippen molar-refractivity contribution < 1.29 is 4.74 Å². The molecule has 1 nitrogen and oxygen atoms in total. The van der Waals surface area contributed by atoms with Crippen molar-refractivity contribution in [2.24, 2.45) is 0 Å². The van der Waals surface area contributed by atoms with Crippen molar-refractivity contribution in [2.75, 3.05) is 6.61 Å². The number of unbranched alkanes of at least 4 members (excludes halogenated alkanes) is 1. The average Bonchev–Trinajstić information content (AvgIpc) is 2.86. The third-order valence-corrected chi connectivity index (χ3v) is 9.64. The molecule has 0 bridgehead atoms. The predicted molar refractivity (Wildman–Crippen MR) is 137 cm³/mol. The summed E-state index contributed by atoms with van der Waals surface area (Å²) in [6, 6.07) is 43.4. The normalized spacial score (nSPS) is 11.2. The van der Waals surface area contributed by atoms with Gasteiger partial charge in [-0.1, -0.05) is 127 Å². The van der Waals surface area contributed by atoms with Gasteiger partial charge in [0.15, 0.2) is 0 Å². The summed E-state index contributed by atoms with van der Waals surface area (Å²) >= 11 is 0. The third kappa shape index (κ3) is 5.25. The van der Waals surface area contributed by atoms with Crippen LogP contribution in [0.25, 0.3) is 0 Å². The number of rotatable bonds is 9. The van der Waals surface area contributed by atoms with E-state index in [4.69, 9.17) is 4.74 Å². The summed E-state index contributed by atoms with van der Waals surface area (Å²) in [6.07, 6.45) is 2.03. The average molecular weight is 425 g/mol. The first-order valence-corrected chi connectivity index (χ1v) is 12.8. The van der Waals surface area contributed by atoms with Crippen LogP contribution in [-0.2, 0) is 11.3 Å². The largest absolute Gasteiger partial charge is 0.377 e. The molecule has 4 rings (SSSR count). The van der Waals surface area contributed by atoms with Gasteiger partial charge in [0.05, 0.1) is 6.61 Å². The van der Waals surface area contributed by atoms with Gasteiger partial charge < -0.3 is 4.74 Å². The van der Waals surface area contributed by atoms with Crippen LogP contribution in [-0.4, -0.2) is 12.4 Å². The van der Waals surface area contributed by atoms with Crippen molar-refractivity contribution in [3.63, 3.8) is 0 Å². The second-order valence-corrected chi connectivity index (χ2v) is 11.0. The monoisotopic (exact) mass is 424 g/mol. The number of hydrogen-bond acceptors (Lipinski definition) is 1. The molecule has 156 valence electrons. The summed E-state index contributed by atoms with van der Waals surface area (Å²) in [5.74, 6) is 2.58. The molecule has 0 unspecified atom stereocenters. The Hall–Kier alpha value is -2.86. The molecule has 0 fully saturated rings. The Morgan fingerprint density at radius 1 is 0.548 bits per heavy atom. The Bertz CT molecular complexity index is 987. The Morgan fingerprint density at radius 3 is 1.42 bits per heavy atom. The van der Waals surface area contributed by atoms with E-state index >= 15 is 0 Å². The van der Waals surface area contributed by atoms with E-state index in [-0.39, 0.29) is 0 Å². The molecule has 0 aliphatic heterocycles. The summed E-state index contributed by atoms with van der Waals surface area (Å²) in [7, 11) is 0. The van der Waals surface area contributed by atoms with Crippen LogP contribution >= 0.6 is 6.89 Å². The molecule has 0 spiro atoms. The molecule has 0 aliphatic carbocycles. The molecule has 4 aromatic carbocycles. The van der Waals surface area contributed by atoms with Gasteiger partial charge in [-0.25, -0.2) is 0 Å². The standard InChI is InChI=1S/C29H29OP/c1-5-15-26(16-6-1)25-30-23-13-14-24-31(27-17-7-2-8-18-27,28-19-9-3-10-20-28)29-21-11-4-12-22-29/h1-12,15-22,24H,13-14,23,25H2. The van der Waals surface area contributed by atoms with Gasteiger partial charge in [-0.05, 0) is 41.2 Å². The second-order valence-electron chi connectivity index (χ2n) is 7.59. The molecule has 2 heteroatoms. The highest BCUT2D eigenvalue weighted by molar-refractivity contribution is 7.94. The lowest BCUT2D eigenvalue weighted by atomic mass is 10.2. The molecule has 0 aliphatic rings. The van der Waals surface area contributed by atoms with Crippen LogP contribution in [0.15, 0.2) is 121 Å². The van der Waals surface area contributed by atoms with Crippen molar-refractivity contribution in [1.29, 1.82) is 0 Å². The zero-order valence-electron chi connectivity index (χ0n) is 17.8. The fourth-order valence-corrected chi connectivity index (χ4v) is 8.01. The summed E-state index contributed by atoms with van der Waals surface area (Å²) in [4.78, 5) is 0. The van der Waals surface area contributed by atoms with Gasteiger partial charge in [0, 0.05) is 6.61 Å². The topological polar surface area (TPSA) is 9.23 Å². The lowest BCUT2D eigenvalue weighted by molar-refractivity contribution is 0.120. The highest BCUT2D eigenvalue weighted by Gasteiger charge is 2.24. The van der Waals surface area contributed by atoms with Gasteiger partial charge in [0.1, 0.15) is 0 Å². The Balaban J connectivity index is 1.62. The van der Waals surface area contributed by atoms with Gasteiger partial charge >= 0.3 is 0 Å². The van der Waals surface area contributed by atoms with E-state index in [1.165, 1.54) is 21.5 Å². The number of benzene rings is 4. The van der Waals surface area contributed by atoms with Crippen molar-refractivity contribution in [2.45, 2.75) is 19.4 Å². The lowest BCUT2D eigenvalue weighted by Crippen LogP contribution is -2.27. The predicted octanol–water partition coefficient (Wildman–Crippen LogP) is 5.78. The molecule has 0 amide bonds. The smallest absolute Gasteiger partial charge is 0.0716 e. The summed E-state index contributed by atoms with van der Waals surface area (Å²) in [5.41, 5.74) is 1.23. The minimum absolute atomic E-state index is 0.678. The summed E-state index contributed by atoms with van der Waals surface area (Å²) < 4.78 is 5.94. The van der Waals surface area contributed by atoms with Crippen molar-refractivity contribution in [3.8, 4) is 0 Å². The van der Waals surface area contributed by atoms with Gasteiger partial charge in [-0.15, -0.1) is 0 Å². The highest BCUT2D eigenvalue weighted by atomic mass is 31.2. The van der Waals surface area contributed by atoms with Gasteiger partial charge in [-0.2, -0.15) is 0 Å². The van der Waals surface area contributed by atoms with Gasteiger partial charge in [0.25, 0.3) is 0 Å². The van der Waals surface area contributed by atoms with Crippen LogP contribution in [0.1, 0.15) is 18.4 Å². The SMILES string of the molecule is C(CCCOCc1ccccc1)=P(c1ccccc1)(c1ccccc1)c1ccccc1. The molecule has 0 radical (unpaired) electrons. The Labute approximate surface area is 186 Å². The number of hydrogen-bond donors (Lipinski definition) is 0. The third-order valence-electron chi connectivity index (χ3n) is 5.50. The summed E-state index contributed by atoms with van der Waals surface area (Å²) in [6.45, 7) is -0.395. The van der Waals surface area contributed by atoms with E-state index < -0.39 is 6.89 Å². The van der Waals surface area contributed by atoms with Crippen molar-refractivity contribution in [1.82, 2.24) is 0 Å². The zero-order valence-corrected chi connectivity index (χ0v) is 18.7. The Morgan fingerprint density at radius 2 is 0.968 bits per heavy atom. The molecule has 0 saturated heterocycles. The van der Waals surface area contributed by atoms with E-state index in [0.717, 1.165) is 19.4 Å². The lowest BCUT2D eigenvalue weighted by Gasteiger charge is -2.29. The van der Waals surface area contributed by atoms with Crippen molar-refractivity contribution in [3.05, 3.63) is 127 Å². The van der Waals surface area contributed by atoms with Gasteiger partial charge in [-0.3, -0.25) is 0 Å². The molecule has 4 aromatic rings. The maximum atomic E-state index is 5.94.